The van der Waals surface area contributed by atoms with Crippen molar-refractivity contribution in [2.75, 3.05) is 13.2 Å². The second-order valence-electron chi connectivity index (χ2n) is 3.35. The summed E-state index contributed by atoms with van der Waals surface area (Å²) >= 11 is 0. The third kappa shape index (κ3) is 2.01. The van der Waals surface area contributed by atoms with Gasteiger partial charge in [0.25, 0.3) is 0 Å². The number of hydrogen-bond acceptors (Lipinski definition) is 3. The van der Waals surface area contributed by atoms with Gasteiger partial charge in [-0.3, -0.25) is 4.79 Å². The highest BCUT2D eigenvalue weighted by molar-refractivity contribution is 6.07. The van der Waals surface area contributed by atoms with Crippen LogP contribution in [0, 0.1) is 0 Å². The van der Waals surface area contributed by atoms with Crippen LogP contribution in [0.3, 0.4) is 0 Å². The van der Waals surface area contributed by atoms with Crippen LogP contribution < -0.4 is 10.1 Å². The second-order valence-corrected chi connectivity index (χ2v) is 3.35. The van der Waals surface area contributed by atoms with E-state index in [1.165, 1.54) is 0 Å². The van der Waals surface area contributed by atoms with E-state index in [1.807, 2.05) is 25.1 Å². The Kier molecular flexibility index (Phi) is 2.72. The molecule has 1 aromatic carbocycles. The molecule has 0 atom stereocenters. The highest BCUT2D eigenvalue weighted by atomic mass is 16.5. The van der Waals surface area contributed by atoms with Gasteiger partial charge < -0.3 is 10.1 Å². The molecule has 0 aliphatic carbocycles. The van der Waals surface area contributed by atoms with Crippen LogP contribution in [0.2, 0.25) is 0 Å². The van der Waals surface area contributed by atoms with Crippen molar-refractivity contribution in [3.8, 4) is 5.75 Å². The first-order valence-corrected chi connectivity index (χ1v) is 5.02. The molecule has 0 spiro atoms. The van der Waals surface area contributed by atoms with Crippen LogP contribution in [-0.4, -0.2) is 18.9 Å². The third-order valence-corrected chi connectivity index (χ3v) is 2.24. The van der Waals surface area contributed by atoms with Gasteiger partial charge in [-0.2, -0.15) is 0 Å². The highest BCUT2D eigenvalue weighted by Gasteiger charge is 2.15. The number of carbonyl (C=O) groups excluding carboxylic acids is 1. The monoisotopic (exact) mass is 203 g/mol. The minimum Gasteiger partial charge on any atom is -0.487 e. The largest absolute Gasteiger partial charge is 0.487 e. The number of nitrogens with one attached hydrogen (secondary N) is 1. The van der Waals surface area contributed by atoms with Gasteiger partial charge in [0.2, 0.25) is 0 Å². The number of para-hydroxylation sites is 1. The van der Waals surface area contributed by atoms with Gasteiger partial charge in [0.05, 0.1) is 11.3 Å². The highest BCUT2D eigenvalue weighted by Crippen LogP contribution is 2.22. The van der Waals surface area contributed by atoms with Crippen LogP contribution in [0.5, 0.6) is 5.75 Å². The van der Waals surface area contributed by atoms with Crippen molar-refractivity contribution in [1.82, 2.24) is 5.32 Å². The van der Waals surface area contributed by atoms with Gasteiger partial charge in [0, 0.05) is 12.6 Å². The van der Waals surface area contributed by atoms with Gasteiger partial charge in [0.1, 0.15) is 12.4 Å². The Morgan fingerprint density at radius 3 is 3.00 bits per heavy atom. The average Bonchev–Trinajstić information content (AvgIpc) is 2.40. The SMILES string of the molecule is CCNC1=CC(=O)c2ccccc2OC1. The van der Waals surface area contributed by atoms with Crippen LogP contribution >= 0.6 is 0 Å². The van der Waals surface area contributed by atoms with E-state index in [1.54, 1.807) is 12.1 Å². The molecule has 1 aliphatic rings. The molecule has 1 heterocycles. The molecule has 15 heavy (non-hydrogen) atoms. The number of hydrogen-bond donors (Lipinski definition) is 1. The average molecular weight is 203 g/mol. The second kappa shape index (κ2) is 4.17. The summed E-state index contributed by atoms with van der Waals surface area (Å²) in [5.74, 6) is 0.658. The van der Waals surface area contributed by atoms with Crippen molar-refractivity contribution in [2.24, 2.45) is 0 Å². The van der Waals surface area contributed by atoms with E-state index in [0.29, 0.717) is 17.9 Å². The van der Waals surface area contributed by atoms with Crippen LogP contribution in [0.15, 0.2) is 36.0 Å². The standard InChI is InChI=1S/C12H13NO2/c1-2-13-9-7-11(14)10-5-3-4-6-12(10)15-8-9/h3-7,13H,2,8H2,1H3. The summed E-state index contributed by atoms with van der Waals surface area (Å²) in [5.41, 5.74) is 1.46. The van der Waals surface area contributed by atoms with Gasteiger partial charge in [-0.15, -0.1) is 0 Å². The lowest BCUT2D eigenvalue weighted by molar-refractivity contribution is 0.104. The summed E-state index contributed by atoms with van der Waals surface area (Å²) < 4.78 is 5.53. The quantitative estimate of drug-likeness (QED) is 0.795. The lowest BCUT2D eigenvalue weighted by Crippen LogP contribution is -2.17. The molecular weight excluding hydrogens is 190 g/mol. The molecule has 0 aromatic heterocycles. The van der Waals surface area contributed by atoms with Gasteiger partial charge in [-0.05, 0) is 19.1 Å². The molecule has 0 unspecified atom stereocenters. The molecule has 1 aliphatic heterocycles. The van der Waals surface area contributed by atoms with Crippen LogP contribution in [0.1, 0.15) is 17.3 Å². The molecule has 2 rings (SSSR count). The Labute approximate surface area is 88.8 Å². The van der Waals surface area contributed by atoms with E-state index >= 15 is 0 Å². The summed E-state index contributed by atoms with van der Waals surface area (Å²) in [6.07, 6.45) is 1.61. The zero-order chi connectivity index (χ0) is 10.7. The molecule has 0 saturated heterocycles. The first kappa shape index (κ1) is 9.77. The molecule has 0 saturated carbocycles. The maximum Gasteiger partial charge on any atom is 0.191 e. The van der Waals surface area contributed by atoms with E-state index in [0.717, 1.165) is 12.2 Å². The molecule has 0 amide bonds. The van der Waals surface area contributed by atoms with E-state index in [2.05, 4.69) is 5.32 Å². The van der Waals surface area contributed by atoms with Gasteiger partial charge in [-0.1, -0.05) is 12.1 Å². The molecular formula is C12H13NO2. The Morgan fingerprint density at radius 2 is 2.20 bits per heavy atom. The number of likely N-dealkylation sites (N-methyl/N-ethyl adjacent to an activating group) is 1. The molecule has 78 valence electrons. The number of allylic oxidation sites excluding steroid dienone is 1. The zero-order valence-corrected chi connectivity index (χ0v) is 8.62. The Bertz CT molecular complexity index is 410. The number of fused-ring (bicyclic) bond motifs is 1. The Morgan fingerprint density at radius 1 is 1.40 bits per heavy atom. The van der Waals surface area contributed by atoms with Gasteiger partial charge in [-0.25, -0.2) is 0 Å². The van der Waals surface area contributed by atoms with Crippen LogP contribution in [0.4, 0.5) is 0 Å². The summed E-state index contributed by atoms with van der Waals surface area (Å²) in [4.78, 5) is 11.8. The van der Waals surface area contributed by atoms with E-state index in [4.69, 9.17) is 4.74 Å². The molecule has 0 bridgehead atoms. The molecule has 0 fully saturated rings. The number of ether oxygens (including phenoxy) is 1. The first-order chi connectivity index (χ1) is 7.31. The fourth-order valence-corrected chi connectivity index (χ4v) is 1.56. The number of ketones is 1. The minimum atomic E-state index is -0.000880. The summed E-state index contributed by atoms with van der Waals surface area (Å²) in [6, 6.07) is 7.30. The number of rotatable bonds is 2. The van der Waals surface area contributed by atoms with Crippen molar-refractivity contribution < 1.29 is 9.53 Å². The van der Waals surface area contributed by atoms with E-state index < -0.39 is 0 Å². The number of carbonyl (C=O) groups is 1. The lowest BCUT2D eigenvalue weighted by Gasteiger charge is -2.08. The summed E-state index contributed by atoms with van der Waals surface area (Å²) in [6.45, 7) is 3.21. The van der Waals surface area contributed by atoms with Crippen LogP contribution in [-0.2, 0) is 0 Å². The Balaban J connectivity index is 2.31. The van der Waals surface area contributed by atoms with Crippen molar-refractivity contribution in [2.45, 2.75) is 6.92 Å². The maximum absolute atomic E-state index is 11.8. The van der Waals surface area contributed by atoms with Gasteiger partial charge in [0.15, 0.2) is 5.78 Å². The van der Waals surface area contributed by atoms with E-state index in [-0.39, 0.29) is 5.78 Å². The predicted octanol–water partition coefficient (Wildman–Crippen LogP) is 1.76. The predicted molar refractivity (Wildman–Crippen MR) is 58.0 cm³/mol. The first-order valence-electron chi connectivity index (χ1n) is 5.02. The zero-order valence-electron chi connectivity index (χ0n) is 8.62. The third-order valence-electron chi connectivity index (χ3n) is 2.24. The van der Waals surface area contributed by atoms with Crippen molar-refractivity contribution >= 4 is 5.78 Å². The van der Waals surface area contributed by atoms with E-state index in [9.17, 15) is 4.79 Å². The normalized spacial score (nSPS) is 14.7. The maximum atomic E-state index is 11.8. The molecule has 3 heteroatoms. The smallest absolute Gasteiger partial charge is 0.191 e. The summed E-state index contributed by atoms with van der Waals surface area (Å²) in [5, 5.41) is 3.10. The lowest BCUT2D eigenvalue weighted by atomic mass is 10.1. The van der Waals surface area contributed by atoms with Crippen molar-refractivity contribution in [3.63, 3.8) is 0 Å². The van der Waals surface area contributed by atoms with Crippen molar-refractivity contribution in [3.05, 3.63) is 41.6 Å². The fourth-order valence-electron chi connectivity index (χ4n) is 1.56. The Hall–Kier alpha value is -1.77. The molecule has 0 radical (unpaired) electrons. The molecule has 1 aromatic rings. The van der Waals surface area contributed by atoms with Gasteiger partial charge >= 0.3 is 0 Å². The van der Waals surface area contributed by atoms with Crippen molar-refractivity contribution in [1.29, 1.82) is 0 Å². The molecule has 3 nitrogen and oxygen atoms in total. The summed E-state index contributed by atoms with van der Waals surface area (Å²) in [7, 11) is 0. The topological polar surface area (TPSA) is 38.3 Å². The molecule has 1 N–H and O–H groups in total. The number of benzene rings is 1. The fraction of sp³-hybridized carbons (Fsp3) is 0.250. The minimum absolute atomic E-state index is 0.000880. The van der Waals surface area contributed by atoms with Crippen LogP contribution in [0.25, 0.3) is 0 Å².